The molecule has 96 valence electrons. The molecule has 1 unspecified atom stereocenters. The average Bonchev–Trinajstić information content (AvgIpc) is 2.72. The van der Waals surface area contributed by atoms with Crippen LogP contribution in [0.15, 0.2) is 39.3 Å². The highest BCUT2D eigenvalue weighted by Crippen LogP contribution is 2.31. The maximum atomic E-state index is 5.97. The minimum absolute atomic E-state index is 0.280. The number of hydrogen-bond donors (Lipinski definition) is 1. The van der Waals surface area contributed by atoms with Gasteiger partial charge in [0.05, 0.1) is 4.34 Å². The van der Waals surface area contributed by atoms with Crippen molar-refractivity contribution in [1.29, 1.82) is 0 Å². The maximum Gasteiger partial charge on any atom is 0.0931 e. The fourth-order valence-electron chi connectivity index (χ4n) is 1.81. The van der Waals surface area contributed by atoms with Gasteiger partial charge in [0.25, 0.3) is 0 Å². The van der Waals surface area contributed by atoms with Crippen LogP contribution in [-0.2, 0) is 6.42 Å². The number of hydrogen-bond acceptors (Lipinski definition) is 2. The molecule has 0 amide bonds. The van der Waals surface area contributed by atoms with Crippen molar-refractivity contribution in [2.24, 2.45) is 0 Å². The molecule has 1 heterocycles. The van der Waals surface area contributed by atoms with E-state index in [4.69, 9.17) is 11.6 Å². The van der Waals surface area contributed by atoms with Gasteiger partial charge < -0.3 is 5.32 Å². The molecule has 0 aliphatic rings. The largest absolute Gasteiger partial charge is 0.313 e. The third-order valence-corrected chi connectivity index (χ3v) is 5.15. The number of rotatable bonds is 4. The molecule has 2 aromatic rings. The zero-order chi connectivity index (χ0) is 13.1. The van der Waals surface area contributed by atoms with Crippen LogP contribution in [-0.4, -0.2) is 7.05 Å². The van der Waals surface area contributed by atoms with E-state index in [0.29, 0.717) is 0 Å². The number of halogens is 3. The average molecular weight is 410 g/mol. The van der Waals surface area contributed by atoms with Crippen LogP contribution in [0.3, 0.4) is 0 Å². The summed E-state index contributed by atoms with van der Waals surface area (Å²) in [5, 5.41) is 3.35. The van der Waals surface area contributed by atoms with Gasteiger partial charge in [0.15, 0.2) is 0 Å². The Balaban J connectivity index is 2.22. The Morgan fingerprint density at radius 1 is 1.28 bits per heavy atom. The Morgan fingerprint density at radius 2 is 2.06 bits per heavy atom. The molecule has 18 heavy (non-hydrogen) atoms. The first-order chi connectivity index (χ1) is 8.60. The van der Waals surface area contributed by atoms with Crippen molar-refractivity contribution in [3.8, 4) is 0 Å². The minimum atomic E-state index is 0.280. The Morgan fingerprint density at radius 3 is 2.61 bits per heavy atom. The SMILES string of the molecule is CNC(Cc1ccc(Cl)s1)c1ccc(Br)cc1Br. The highest BCUT2D eigenvalue weighted by atomic mass is 79.9. The summed E-state index contributed by atoms with van der Waals surface area (Å²) in [6.07, 6.45) is 0.939. The molecular weight excluding hydrogens is 397 g/mol. The van der Waals surface area contributed by atoms with E-state index >= 15 is 0 Å². The van der Waals surface area contributed by atoms with Crippen molar-refractivity contribution in [2.45, 2.75) is 12.5 Å². The normalized spacial score (nSPS) is 12.7. The third kappa shape index (κ3) is 3.58. The van der Waals surface area contributed by atoms with Gasteiger partial charge in [-0.25, -0.2) is 0 Å². The molecule has 1 N–H and O–H groups in total. The predicted octanol–water partition coefficient (Wildman–Crippen LogP) is 5.43. The molecule has 0 fully saturated rings. The summed E-state index contributed by atoms with van der Waals surface area (Å²) in [5.74, 6) is 0. The van der Waals surface area contributed by atoms with Crippen molar-refractivity contribution in [1.82, 2.24) is 5.32 Å². The number of benzene rings is 1. The van der Waals surface area contributed by atoms with E-state index in [2.05, 4.69) is 61.4 Å². The predicted molar refractivity (Wildman–Crippen MR) is 86.7 cm³/mol. The second kappa shape index (κ2) is 6.53. The molecular formula is C13H12Br2ClNS. The molecule has 1 aromatic heterocycles. The van der Waals surface area contributed by atoms with Gasteiger partial charge in [0, 0.05) is 26.3 Å². The molecule has 0 aliphatic heterocycles. The van der Waals surface area contributed by atoms with Crippen LogP contribution in [0.1, 0.15) is 16.5 Å². The summed E-state index contributed by atoms with van der Waals surface area (Å²) in [6.45, 7) is 0. The van der Waals surface area contributed by atoms with Crippen molar-refractivity contribution in [3.63, 3.8) is 0 Å². The summed E-state index contributed by atoms with van der Waals surface area (Å²) in [6, 6.07) is 10.6. The van der Waals surface area contributed by atoms with Crippen LogP contribution in [0.25, 0.3) is 0 Å². The summed E-state index contributed by atoms with van der Waals surface area (Å²) < 4.78 is 3.03. The van der Waals surface area contributed by atoms with Gasteiger partial charge in [-0.05, 0) is 36.9 Å². The van der Waals surface area contributed by atoms with Crippen molar-refractivity contribution in [2.75, 3.05) is 7.05 Å². The standard InChI is InChI=1S/C13H12Br2ClNS/c1-17-12(7-9-3-5-13(16)18-9)10-4-2-8(14)6-11(10)15/h2-6,12,17H,7H2,1H3. The number of thiophene rings is 1. The number of nitrogens with one attached hydrogen (secondary N) is 1. The summed E-state index contributed by atoms with van der Waals surface area (Å²) >= 11 is 14.7. The highest BCUT2D eigenvalue weighted by Gasteiger charge is 2.14. The molecule has 5 heteroatoms. The molecule has 0 bridgehead atoms. The molecule has 2 rings (SSSR count). The van der Waals surface area contributed by atoms with Crippen LogP contribution in [0.5, 0.6) is 0 Å². The van der Waals surface area contributed by atoms with Crippen LogP contribution in [0.4, 0.5) is 0 Å². The molecule has 1 atom stereocenters. The Labute approximate surface area is 133 Å². The van der Waals surface area contributed by atoms with E-state index in [0.717, 1.165) is 19.7 Å². The lowest BCUT2D eigenvalue weighted by Gasteiger charge is -2.17. The summed E-state index contributed by atoms with van der Waals surface area (Å²) in [7, 11) is 1.98. The quantitative estimate of drug-likeness (QED) is 0.710. The first kappa shape index (κ1) is 14.5. The second-order valence-electron chi connectivity index (χ2n) is 3.92. The van der Waals surface area contributed by atoms with Crippen LogP contribution < -0.4 is 5.32 Å². The van der Waals surface area contributed by atoms with Gasteiger partial charge in [-0.15, -0.1) is 11.3 Å². The monoisotopic (exact) mass is 407 g/mol. The minimum Gasteiger partial charge on any atom is -0.313 e. The molecule has 0 aliphatic carbocycles. The molecule has 0 saturated carbocycles. The fraction of sp³-hybridized carbons (Fsp3) is 0.231. The second-order valence-corrected chi connectivity index (χ2v) is 7.49. The topological polar surface area (TPSA) is 12.0 Å². The lowest BCUT2D eigenvalue weighted by atomic mass is 10.0. The molecule has 0 radical (unpaired) electrons. The first-order valence-electron chi connectivity index (χ1n) is 5.46. The molecule has 0 saturated heterocycles. The zero-order valence-electron chi connectivity index (χ0n) is 9.71. The van der Waals surface area contributed by atoms with E-state index < -0.39 is 0 Å². The van der Waals surface area contributed by atoms with E-state index in [1.807, 2.05) is 13.1 Å². The fourth-order valence-corrected chi connectivity index (χ4v) is 4.27. The van der Waals surface area contributed by atoms with Gasteiger partial charge in [-0.3, -0.25) is 0 Å². The molecule has 1 aromatic carbocycles. The lowest BCUT2D eigenvalue weighted by Crippen LogP contribution is -2.18. The van der Waals surface area contributed by atoms with Gasteiger partial charge in [0.2, 0.25) is 0 Å². The molecule has 0 spiro atoms. The lowest BCUT2D eigenvalue weighted by molar-refractivity contribution is 0.594. The summed E-state index contributed by atoms with van der Waals surface area (Å²) in [4.78, 5) is 1.29. The van der Waals surface area contributed by atoms with Crippen LogP contribution >= 0.6 is 54.8 Å². The third-order valence-electron chi connectivity index (χ3n) is 2.72. The maximum absolute atomic E-state index is 5.97. The molecule has 1 nitrogen and oxygen atoms in total. The van der Waals surface area contributed by atoms with Crippen molar-refractivity contribution >= 4 is 54.8 Å². The van der Waals surface area contributed by atoms with E-state index in [1.165, 1.54) is 10.4 Å². The Hall–Kier alpha value is 0.130. The Kier molecular flexibility index (Phi) is 5.27. The Bertz CT molecular complexity index is 542. The number of likely N-dealkylation sites (N-methyl/N-ethyl adjacent to an activating group) is 1. The van der Waals surface area contributed by atoms with Crippen molar-refractivity contribution < 1.29 is 0 Å². The van der Waals surface area contributed by atoms with Crippen LogP contribution in [0.2, 0.25) is 4.34 Å². The van der Waals surface area contributed by atoms with E-state index in [9.17, 15) is 0 Å². The van der Waals surface area contributed by atoms with E-state index in [1.54, 1.807) is 11.3 Å². The van der Waals surface area contributed by atoms with Crippen molar-refractivity contribution in [3.05, 3.63) is 54.1 Å². The van der Waals surface area contributed by atoms with Crippen LogP contribution in [0, 0.1) is 0 Å². The van der Waals surface area contributed by atoms with Gasteiger partial charge >= 0.3 is 0 Å². The first-order valence-corrected chi connectivity index (χ1v) is 8.24. The smallest absolute Gasteiger partial charge is 0.0931 e. The summed E-state index contributed by atoms with van der Waals surface area (Å²) in [5.41, 5.74) is 1.25. The van der Waals surface area contributed by atoms with Gasteiger partial charge in [0.1, 0.15) is 0 Å². The van der Waals surface area contributed by atoms with Gasteiger partial charge in [-0.1, -0.05) is 49.5 Å². The highest BCUT2D eigenvalue weighted by molar-refractivity contribution is 9.11. The van der Waals surface area contributed by atoms with Gasteiger partial charge in [-0.2, -0.15) is 0 Å². The van der Waals surface area contributed by atoms with E-state index in [-0.39, 0.29) is 6.04 Å². The zero-order valence-corrected chi connectivity index (χ0v) is 14.5.